The van der Waals surface area contributed by atoms with E-state index in [-0.39, 0.29) is 37.3 Å². The zero-order valence-corrected chi connectivity index (χ0v) is 15.8. The quantitative estimate of drug-likeness (QED) is 0.662. The predicted molar refractivity (Wildman–Crippen MR) is 103 cm³/mol. The monoisotopic (exact) mass is 387 g/mol. The zero-order valence-electron chi connectivity index (χ0n) is 14.2. The summed E-state index contributed by atoms with van der Waals surface area (Å²) in [6.45, 7) is -0.260. The Morgan fingerprint density at radius 3 is 2.56 bits per heavy atom. The summed E-state index contributed by atoms with van der Waals surface area (Å²) in [6.07, 6.45) is 5.67. The second-order valence-electron chi connectivity index (χ2n) is 6.01. The van der Waals surface area contributed by atoms with E-state index in [2.05, 4.69) is 10.6 Å². The maximum atomic E-state index is 12.5. The Morgan fingerprint density at radius 1 is 1.16 bits per heavy atom. The van der Waals surface area contributed by atoms with Crippen molar-refractivity contribution in [1.82, 2.24) is 5.32 Å². The Labute approximate surface area is 157 Å². The van der Waals surface area contributed by atoms with Crippen LogP contribution in [-0.2, 0) is 26.1 Å². The third-order valence-corrected chi connectivity index (χ3v) is 5.91. The molecule has 0 saturated heterocycles. The molecule has 1 fully saturated rings. The number of hydrogen-bond acceptors (Lipinski definition) is 4. The summed E-state index contributed by atoms with van der Waals surface area (Å²) in [5.41, 5.74) is 6.75. The first-order chi connectivity index (χ1) is 11.6. The first kappa shape index (κ1) is 21.6. The molecular weight excluding hydrogens is 362 g/mol. The van der Waals surface area contributed by atoms with E-state index in [0.717, 1.165) is 18.4 Å². The van der Waals surface area contributed by atoms with Crippen LogP contribution in [0.1, 0.15) is 37.7 Å². The van der Waals surface area contributed by atoms with Gasteiger partial charge in [-0.05, 0) is 30.5 Å². The lowest BCUT2D eigenvalue weighted by molar-refractivity contribution is -0.123. The van der Waals surface area contributed by atoms with Gasteiger partial charge in [0.25, 0.3) is 0 Å². The van der Waals surface area contributed by atoms with Crippen LogP contribution in [0.4, 0.5) is 5.69 Å². The summed E-state index contributed by atoms with van der Waals surface area (Å²) in [7, 11) is -0.873. The second kappa shape index (κ2) is 11.2. The number of nitrogens with one attached hydrogen (secondary N) is 2. The first-order valence-electron chi connectivity index (χ1n) is 8.31. The molecule has 1 aliphatic carbocycles. The van der Waals surface area contributed by atoms with E-state index in [0.29, 0.717) is 16.7 Å². The Kier molecular flexibility index (Phi) is 9.70. The van der Waals surface area contributed by atoms with E-state index in [1.807, 2.05) is 18.2 Å². The molecule has 2 amide bonds. The molecule has 1 unspecified atom stereocenters. The van der Waals surface area contributed by atoms with Crippen LogP contribution in [0, 0.1) is 0 Å². The van der Waals surface area contributed by atoms with E-state index >= 15 is 0 Å². The van der Waals surface area contributed by atoms with Crippen molar-refractivity contribution in [2.24, 2.45) is 5.73 Å². The van der Waals surface area contributed by atoms with Gasteiger partial charge in [0.1, 0.15) is 0 Å². The number of carbonyl (C=O) groups excluding carboxylic acids is 2. The molecular formula is C17H26ClN3O3S. The Bertz CT molecular complexity index is 607. The maximum absolute atomic E-state index is 12.5. The molecule has 0 aliphatic heterocycles. The van der Waals surface area contributed by atoms with E-state index in [9.17, 15) is 13.8 Å². The lowest BCUT2D eigenvalue weighted by Gasteiger charge is -2.21. The standard InChI is InChI=1S/C17H25N3O3S.ClH/c18-10-16(21)19-11-17(22)20-14-6-4-5-13(9-14)12-24(23)15-7-2-1-3-8-15;/h4-6,9,15H,1-3,7-8,10-12,18H2,(H,19,21)(H,20,22);1H. The Balaban J connectivity index is 0.00000312. The van der Waals surface area contributed by atoms with Gasteiger partial charge in [-0.2, -0.15) is 0 Å². The highest BCUT2D eigenvalue weighted by atomic mass is 35.5. The van der Waals surface area contributed by atoms with Crippen molar-refractivity contribution >= 4 is 40.7 Å². The average Bonchev–Trinajstić information content (AvgIpc) is 2.60. The summed E-state index contributed by atoms with van der Waals surface area (Å²) in [5.74, 6) is -0.178. The minimum absolute atomic E-state index is 0. The highest BCUT2D eigenvalue weighted by Gasteiger charge is 2.19. The van der Waals surface area contributed by atoms with Crippen LogP contribution in [0.2, 0.25) is 0 Å². The number of halogens is 1. The lowest BCUT2D eigenvalue weighted by atomic mass is 10.0. The number of anilines is 1. The van der Waals surface area contributed by atoms with E-state index in [4.69, 9.17) is 5.73 Å². The molecule has 8 heteroatoms. The molecule has 1 aromatic rings. The van der Waals surface area contributed by atoms with E-state index in [1.54, 1.807) is 6.07 Å². The molecule has 0 aromatic heterocycles. The number of amides is 2. The normalized spacial score (nSPS) is 15.7. The van der Waals surface area contributed by atoms with Crippen molar-refractivity contribution in [2.75, 3.05) is 18.4 Å². The molecule has 0 bridgehead atoms. The van der Waals surface area contributed by atoms with Gasteiger partial charge in [-0.3, -0.25) is 13.8 Å². The minimum Gasteiger partial charge on any atom is -0.346 e. The molecule has 2 rings (SSSR count). The highest BCUT2D eigenvalue weighted by molar-refractivity contribution is 7.84. The fourth-order valence-corrected chi connectivity index (χ4v) is 4.41. The van der Waals surface area contributed by atoms with Crippen LogP contribution in [-0.4, -0.2) is 34.4 Å². The van der Waals surface area contributed by atoms with Crippen LogP contribution in [0.15, 0.2) is 24.3 Å². The number of benzene rings is 1. The van der Waals surface area contributed by atoms with Gasteiger partial charge < -0.3 is 16.4 Å². The third kappa shape index (κ3) is 7.54. The van der Waals surface area contributed by atoms with Gasteiger partial charge in [-0.15, -0.1) is 12.4 Å². The summed E-state index contributed by atoms with van der Waals surface area (Å²) in [6, 6.07) is 7.37. The number of carbonyl (C=O) groups is 2. The van der Waals surface area contributed by atoms with Crippen molar-refractivity contribution in [3.63, 3.8) is 0 Å². The first-order valence-corrected chi connectivity index (χ1v) is 9.69. The Hall–Kier alpha value is -1.44. The van der Waals surface area contributed by atoms with Gasteiger partial charge in [0.2, 0.25) is 11.8 Å². The molecule has 140 valence electrons. The fourth-order valence-electron chi connectivity index (χ4n) is 2.81. The van der Waals surface area contributed by atoms with Gasteiger partial charge in [0.15, 0.2) is 0 Å². The molecule has 1 aromatic carbocycles. The minimum atomic E-state index is -0.873. The Morgan fingerprint density at radius 2 is 1.88 bits per heavy atom. The van der Waals surface area contributed by atoms with E-state index in [1.165, 1.54) is 19.3 Å². The average molecular weight is 388 g/mol. The smallest absolute Gasteiger partial charge is 0.243 e. The number of hydrogen-bond donors (Lipinski definition) is 3. The summed E-state index contributed by atoms with van der Waals surface area (Å²) < 4.78 is 12.5. The van der Waals surface area contributed by atoms with Crippen molar-refractivity contribution in [2.45, 2.75) is 43.1 Å². The van der Waals surface area contributed by atoms with Gasteiger partial charge in [0.05, 0.1) is 13.1 Å². The molecule has 1 aliphatic rings. The SMILES string of the molecule is Cl.NCC(=O)NCC(=O)Nc1cccc(CS(=O)C2CCCCC2)c1. The van der Waals surface area contributed by atoms with E-state index < -0.39 is 10.8 Å². The molecule has 1 saturated carbocycles. The van der Waals surface area contributed by atoms with Crippen LogP contribution in [0.5, 0.6) is 0 Å². The molecule has 0 spiro atoms. The molecule has 6 nitrogen and oxygen atoms in total. The van der Waals surface area contributed by atoms with Crippen LogP contribution in [0.25, 0.3) is 0 Å². The molecule has 0 radical (unpaired) electrons. The molecule has 25 heavy (non-hydrogen) atoms. The van der Waals surface area contributed by atoms with Crippen molar-refractivity contribution in [3.05, 3.63) is 29.8 Å². The highest BCUT2D eigenvalue weighted by Crippen LogP contribution is 2.24. The van der Waals surface area contributed by atoms with Crippen LogP contribution >= 0.6 is 12.4 Å². The van der Waals surface area contributed by atoms with Gasteiger partial charge >= 0.3 is 0 Å². The number of nitrogens with two attached hydrogens (primary N) is 1. The van der Waals surface area contributed by atoms with Gasteiger partial charge in [-0.1, -0.05) is 31.4 Å². The molecule has 1 atom stereocenters. The summed E-state index contributed by atoms with van der Waals surface area (Å²) in [4.78, 5) is 22.8. The largest absolute Gasteiger partial charge is 0.346 e. The second-order valence-corrected chi connectivity index (χ2v) is 7.73. The van der Waals surface area contributed by atoms with Gasteiger partial charge in [-0.25, -0.2) is 0 Å². The van der Waals surface area contributed by atoms with Crippen molar-refractivity contribution < 1.29 is 13.8 Å². The molecule has 0 heterocycles. The lowest BCUT2D eigenvalue weighted by Crippen LogP contribution is -2.36. The van der Waals surface area contributed by atoms with Gasteiger partial charge in [0, 0.05) is 27.5 Å². The maximum Gasteiger partial charge on any atom is 0.243 e. The molecule has 4 N–H and O–H groups in total. The zero-order chi connectivity index (χ0) is 17.4. The number of rotatable bonds is 7. The fraction of sp³-hybridized carbons (Fsp3) is 0.529. The van der Waals surface area contributed by atoms with Crippen LogP contribution < -0.4 is 16.4 Å². The van der Waals surface area contributed by atoms with Crippen molar-refractivity contribution in [3.8, 4) is 0 Å². The van der Waals surface area contributed by atoms with Crippen molar-refractivity contribution in [1.29, 1.82) is 0 Å². The predicted octanol–water partition coefficient (Wildman–Crippen LogP) is 1.70. The van der Waals surface area contributed by atoms with Crippen LogP contribution in [0.3, 0.4) is 0 Å². The summed E-state index contributed by atoms with van der Waals surface area (Å²) >= 11 is 0. The third-order valence-electron chi connectivity index (χ3n) is 4.08. The summed E-state index contributed by atoms with van der Waals surface area (Å²) in [5, 5.41) is 5.43. The topological polar surface area (TPSA) is 101 Å².